The Morgan fingerprint density at radius 2 is 1.88 bits per heavy atom. The molecule has 7 nitrogen and oxygen atoms in total. The van der Waals surface area contributed by atoms with Crippen molar-refractivity contribution in [3.8, 4) is 0 Å². The normalized spacial score (nSPS) is 22.7. The Morgan fingerprint density at radius 1 is 1.16 bits per heavy atom. The zero-order valence-corrected chi connectivity index (χ0v) is 16.0. The van der Waals surface area contributed by atoms with Crippen molar-refractivity contribution in [2.24, 2.45) is 11.8 Å². The van der Waals surface area contributed by atoms with Crippen LogP contribution in [0.4, 0.5) is 4.79 Å². The van der Waals surface area contributed by atoms with Gasteiger partial charge in [0.05, 0.1) is 6.61 Å². The van der Waals surface area contributed by atoms with Crippen LogP contribution in [0.2, 0.25) is 0 Å². The molecule has 3 amide bonds. The van der Waals surface area contributed by atoms with E-state index in [0.29, 0.717) is 19.0 Å². The summed E-state index contributed by atoms with van der Waals surface area (Å²) in [5, 5.41) is 3.15. The third kappa shape index (κ3) is 6.15. The number of ether oxygens (including phenoxy) is 1. The van der Waals surface area contributed by atoms with E-state index in [1.807, 2.05) is 4.90 Å². The number of hydrogen-bond donors (Lipinski definition) is 1. The average molecular weight is 354 g/mol. The lowest BCUT2D eigenvalue weighted by Gasteiger charge is -2.34. The molecule has 2 saturated heterocycles. The van der Waals surface area contributed by atoms with Crippen molar-refractivity contribution in [3.63, 3.8) is 0 Å². The molecule has 0 saturated carbocycles. The second-order valence-electron chi connectivity index (χ2n) is 7.49. The van der Waals surface area contributed by atoms with E-state index in [1.54, 1.807) is 26.1 Å². The molecule has 2 aliphatic heterocycles. The minimum atomic E-state index is 0.0391. The SMILES string of the molecule is COCCN1CCCC(CNC(=O)C2CCN(C(=O)N(C)C)CC2)C1. The number of piperidine rings is 2. The number of methoxy groups -OCH3 is 1. The lowest BCUT2D eigenvalue weighted by Crippen LogP contribution is -2.47. The lowest BCUT2D eigenvalue weighted by atomic mass is 9.94. The van der Waals surface area contributed by atoms with Gasteiger partial charge in [-0.3, -0.25) is 4.79 Å². The van der Waals surface area contributed by atoms with Crippen LogP contribution >= 0.6 is 0 Å². The zero-order chi connectivity index (χ0) is 18.2. The highest BCUT2D eigenvalue weighted by molar-refractivity contribution is 5.79. The topological polar surface area (TPSA) is 65.1 Å². The van der Waals surface area contributed by atoms with Gasteiger partial charge in [-0.05, 0) is 38.1 Å². The molecule has 0 spiro atoms. The molecule has 2 heterocycles. The fourth-order valence-electron chi connectivity index (χ4n) is 3.75. The summed E-state index contributed by atoms with van der Waals surface area (Å²) in [6.07, 6.45) is 3.89. The first-order chi connectivity index (χ1) is 12.0. The maximum Gasteiger partial charge on any atom is 0.319 e. The van der Waals surface area contributed by atoms with Crippen LogP contribution in [0, 0.1) is 11.8 Å². The third-order valence-electron chi connectivity index (χ3n) is 5.30. The van der Waals surface area contributed by atoms with Crippen LogP contribution in [0.3, 0.4) is 0 Å². The number of carbonyl (C=O) groups is 2. The standard InChI is InChI=1S/C18H34N4O3/c1-20(2)18(24)22-9-6-16(7-10-22)17(23)19-13-15-5-4-8-21(14-15)11-12-25-3/h15-16H,4-14H2,1-3H3,(H,19,23). The van der Waals surface area contributed by atoms with Gasteiger partial charge in [0.25, 0.3) is 0 Å². The van der Waals surface area contributed by atoms with Crippen molar-refractivity contribution in [3.05, 3.63) is 0 Å². The number of rotatable bonds is 6. The number of amides is 3. The summed E-state index contributed by atoms with van der Waals surface area (Å²) in [6.45, 7) is 6.01. The number of hydrogen-bond acceptors (Lipinski definition) is 4. The van der Waals surface area contributed by atoms with Gasteiger partial charge in [-0.25, -0.2) is 4.79 Å². The number of likely N-dealkylation sites (tertiary alicyclic amines) is 2. The quantitative estimate of drug-likeness (QED) is 0.768. The van der Waals surface area contributed by atoms with Gasteiger partial charge in [0.1, 0.15) is 0 Å². The molecule has 2 fully saturated rings. The fourth-order valence-corrected chi connectivity index (χ4v) is 3.75. The predicted molar refractivity (Wildman–Crippen MR) is 97.4 cm³/mol. The Bertz CT molecular complexity index is 436. The molecule has 0 bridgehead atoms. The molecule has 25 heavy (non-hydrogen) atoms. The Balaban J connectivity index is 1.68. The molecule has 1 N–H and O–H groups in total. The molecule has 1 unspecified atom stereocenters. The molecule has 7 heteroatoms. The van der Waals surface area contributed by atoms with Crippen LogP contribution in [0.5, 0.6) is 0 Å². The molecule has 0 aromatic heterocycles. The summed E-state index contributed by atoms with van der Waals surface area (Å²) < 4.78 is 5.16. The Hall–Kier alpha value is -1.34. The summed E-state index contributed by atoms with van der Waals surface area (Å²) >= 11 is 0. The van der Waals surface area contributed by atoms with Crippen molar-refractivity contribution in [1.82, 2.24) is 20.0 Å². The van der Waals surface area contributed by atoms with E-state index in [4.69, 9.17) is 4.74 Å². The largest absolute Gasteiger partial charge is 0.383 e. The second-order valence-corrected chi connectivity index (χ2v) is 7.49. The number of urea groups is 1. The van der Waals surface area contributed by atoms with Crippen molar-refractivity contribution in [1.29, 1.82) is 0 Å². The van der Waals surface area contributed by atoms with Crippen LogP contribution < -0.4 is 5.32 Å². The fraction of sp³-hybridized carbons (Fsp3) is 0.889. The van der Waals surface area contributed by atoms with Gasteiger partial charge < -0.3 is 24.8 Å². The lowest BCUT2D eigenvalue weighted by molar-refractivity contribution is -0.126. The Labute approximate surface area is 151 Å². The molecule has 2 aliphatic rings. The van der Waals surface area contributed by atoms with E-state index in [-0.39, 0.29) is 17.9 Å². The minimum Gasteiger partial charge on any atom is -0.383 e. The molecule has 144 valence electrons. The van der Waals surface area contributed by atoms with Crippen molar-refractivity contribution in [2.45, 2.75) is 25.7 Å². The predicted octanol–water partition coefficient (Wildman–Crippen LogP) is 0.855. The van der Waals surface area contributed by atoms with Crippen LogP contribution in [0.1, 0.15) is 25.7 Å². The number of nitrogens with one attached hydrogen (secondary N) is 1. The molecule has 1 atom stereocenters. The maximum absolute atomic E-state index is 12.4. The van der Waals surface area contributed by atoms with Gasteiger partial charge >= 0.3 is 6.03 Å². The van der Waals surface area contributed by atoms with Crippen molar-refractivity contribution >= 4 is 11.9 Å². The van der Waals surface area contributed by atoms with E-state index in [0.717, 1.165) is 45.6 Å². The van der Waals surface area contributed by atoms with E-state index in [2.05, 4.69) is 10.2 Å². The molecule has 0 aliphatic carbocycles. The first kappa shape index (κ1) is 20.0. The van der Waals surface area contributed by atoms with Gasteiger partial charge in [-0.2, -0.15) is 0 Å². The summed E-state index contributed by atoms with van der Waals surface area (Å²) in [6, 6.07) is 0.0391. The summed E-state index contributed by atoms with van der Waals surface area (Å²) in [4.78, 5) is 30.3. The van der Waals surface area contributed by atoms with Crippen molar-refractivity contribution < 1.29 is 14.3 Å². The Kier molecular flexibility index (Phi) is 7.96. The van der Waals surface area contributed by atoms with Gasteiger partial charge in [-0.1, -0.05) is 0 Å². The maximum atomic E-state index is 12.4. The van der Waals surface area contributed by atoms with Crippen LogP contribution in [-0.2, 0) is 9.53 Å². The molecule has 2 rings (SSSR count). The zero-order valence-electron chi connectivity index (χ0n) is 16.0. The highest BCUT2D eigenvalue weighted by Crippen LogP contribution is 2.19. The number of nitrogens with zero attached hydrogens (tertiary/aromatic N) is 3. The second kappa shape index (κ2) is 9.97. The first-order valence-corrected chi connectivity index (χ1v) is 9.46. The van der Waals surface area contributed by atoms with Gasteiger partial charge in [0.15, 0.2) is 0 Å². The molecule has 0 aromatic rings. The average Bonchev–Trinajstić information content (AvgIpc) is 2.64. The number of carbonyl (C=O) groups excluding carboxylic acids is 2. The summed E-state index contributed by atoms with van der Waals surface area (Å²) in [7, 11) is 5.27. The molecule has 0 radical (unpaired) electrons. The van der Waals surface area contributed by atoms with E-state index in [1.165, 1.54) is 12.8 Å². The van der Waals surface area contributed by atoms with Crippen molar-refractivity contribution in [2.75, 3.05) is 67.1 Å². The Morgan fingerprint density at radius 3 is 2.52 bits per heavy atom. The van der Waals surface area contributed by atoms with Crippen LogP contribution in [-0.4, -0.2) is 93.7 Å². The van der Waals surface area contributed by atoms with Crippen LogP contribution in [0.25, 0.3) is 0 Å². The highest BCUT2D eigenvalue weighted by atomic mass is 16.5. The molecule has 0 aromatic carbocycles. The highest BCUT2D eigenvalue weighted by Gasteiger charge is 2.28. The van der Waals surface area contributed by atoms with E-state index in [9.17, 15) is 9.59 Å². The van der Waals surface area contributed by atoms with E-state index < -0.39 is 0 Å². The summed E-state index contributed by atoms with van der Waals surface area (Å²) in [5.41, 5.74) is 0. The van der Waals surface area contributed by atoms with Crippen LogP contribution in [0.15, 0.2) is 0 Å². The van der Waals surface area contributed by atoms with Gasteiger partial charge in [0, 0.05) is 59.8 Å². The third-order valence-corrected chi connectivity index (χ3v) is 5.30. The van der Waals surface area contributed by atoms with E-state index >= 15 is 0 Å². The molecular formula is C18H34N4O3. The molecular weight excluding hydrogens is 320 g/mol. The summed E-state index contributed by atoms with van der Waals surface area (Å²) in [5.74, 6) is 0.732. The van der Waals surface area contributed by atoms with Gasteiger partial charge in [-0.15, -0.1) is 0 Å². The van der Waals surface area contributed by atoms with Gasteiger partial charge in [0.2, 0.25) is 5.91 Å². The smallest absolute Gasteiger partial charge is 0.319 e. The monoisotopic (exact) mass is 354 g/mol. The minimum absolute atomic E-state index is 0.0391. The first-order valence-electron chi connectivity index (χ1n) is 9.46.